The molecule has 25 heavy (non-hydrogen) atoms. The van der Waals surface area contributed by atoms with Gasteiger partial charge in [0.15, 0.2) is 5.76 Å². The van der Waals surface area contributed by atoms with Crippen molar-refractivity contribution in [1.82, 2.24) is 5.32 Å². The zero-order valence-corrected chi connectivity index (χ0v) is 13.5. The van der Waals surface area contributed by atoms with Gasteiger partial charge in [-0.05, 0) is 24.1 Å². The predicted molar refractivity (Wildman–Crippen MR) is 93.1 cm³/mol. The van der Waals surface area contributed by atoms with Crippen molar-refractivity contribution in [3.8, 4) is 11.1 Å². The maximum atomic E-state index is 12.6. The highest BCUT2D eigenvalue weighted by Crippen LogP contribution is 2.26. The minimum atomic E-state index is -0.460. The minimum Gasteiger partial charge on any atom is -0.459 e. The van der Waals surface area contributed by atoms with E-state index in [1.807, 2.05) is 30.3 Å². The maximum absolute atomic E-state index is 12.6. The number of nitrogens with zero attached hydrogens (tertiary/aromatic N) is 1. The van der Waals surface area contributed by atoms with Crippen LogP contribution in [0.25, 0.3) is 11.1 Å². The van der Waals surface area contributed by atoms with Gasteiger partial charge in [0.05, 0.1) is 17.2 Å². The lowest BCUT2D eigenvalue weighted by Crippen LogP contribution is -2.26. The van der Waals surface area contributed by atoms with Crippen LogP contribution >= 0.6 is 0 Å². The molecule has 0 fully saturated rings. The molecule has 6 heteroatoms. The van der Waals surface area contributed by atoms with E-state index in [1.54, 1.807) is 25.1 Å². The Morgan fingerprint density at radius 2 is 1.88 bits per heavy atom. The standard InChI is InChI=1S/C19H16N2O4/c1-13(15-8-5-9-16(12-15)21(23)24)20-19(22)18-17(10-11-25-18)14-6-3-2-4-7-14/h2-13H,1H3,(H,20,22)/t13-/m1/s1. The topological polar surface area (TPSA) is 85.4 Å². The van der Waals surface area contributed by atoms with Crippen LogP contribution in [0.1, 0.15) is 29.1 Å². The number of furan rings is 1. The first-order chi connectivity index (χ1) is 12.1. The number of benzene rings is 2. The molecule has 0 aliphatic heterocycles. The lowest BCUT2D eigenvalue weighted by molar-refractivity contribution is -0.384. The van der Waals surface area contributed by atoms with Crippen LogP contribution in [0.3, 0.4) is 0 Å². The number of hydrogen-bond donors (Lipinski definition) is 1. The maximum Gasteiger partial charge on any atom is 0.288 e. The molecule has 0 saturated heterocycles. The van der Waals surface area contributed by atoms with E-state index < -0.39 is 11.0 Å². The summed E-state index contributed by atoms with van der Waals surface area (Å²) in [6.45, 7) is 1.77. The second-order valence-corrected chi connectivity index (χ2v) is 5.58. The number of non-ortho nitro benzene ring substituents is 1. The predicted octanol–water partition coefficient (Wildman–Crippen LogP) is 4.35. The molecular formula is C19H16N2O4. The molecule has 1 N–H and O–H groups in total. The summed E-state index contributed by atoms with van der Waals surface area (Å²) in [7, 11) is 0. The lowest BCUT2D eigenvalue weighted by Gasteiger charge is -2.14. The van der Waals surface area contributed by atoms with Crippen molar-refractivity contribution in [2.45, 2.75) is 13.0 Å². The SMILES string of the molecule is C[C@@H](NC(=O)c1occc1-c1ccccc1)c1cccc([N+](=O)[O-])c1. The van der Waals surface area contributed by atoms with Gasteiger partial charge in [-0.2, -0.15) is 0 Å². The number of rotatable bonds is 5. The molecule has 0 saturated carbocycles. The van der Waals surface area contributed by atoms with Crippen LogP contribution in [-0.4, -0.2) is 10.8 Å². The second kappa shape index (κ2) is 7.00. The van der Waals surface area contributed by atoms with E-state index in [-0.39, 0.29) is 17.4 Å². The highest BCUT2D eigenvalue weighted by atomic mass is 16.6. The van der Waals surface area contributed by atoms with Gasteiger partial charge in [0.25, 0.3) is 11.6 Å². The molecule has 6 nitrogen and oxygen atoms in total. The molecule has 1 aromatic heterocycles. The van der Waals surface area contributed by atoms with Crippen molar-refractivity contribution >= 4 is 11.6 Å². The Morgan fingerprint density at radius 3 is 2.60 bits per heavy atom. The Kier molecular flexibility index (Phi) is 4.61. The number of carbonyl (C=O) groups is 1. The number of hydrogen-bond acceptors (Lipinski definition) is 4. The molecule has 0 unspecified atom stereocenters. The zero-order chi connectivity index (χ0) is 17.8. The van der Waals surface area contributed by atoms with Gasteiger partial charge in [-0.1, -0.05) is 42.5 Å². The fourth-order valence-electron chi connectivity index (χ4n) is 2.58. The molecule has 3 rings (SSSR count). The van der Waals surface area contributed by atoms with Crippen molar-refractivity contribution < 1.29 is 14.1 Å². The van der Waals surface area contributed by atoms with E-state index in [9.17, 15) is 14.9 Å². The first-order valence-electron chi connectivity index (χ1n) is 7.74. The highest BCUT2D eigenvalue weighted by molar-refractivity contribution is 5.98. The van der Waals surface area contributed by atoms with Crippen LogP contribution in [0.5, 0.6) is 0 Å². The number of carbonyl (C=O) groups excluding carboxylic acids is 1. The number of nitrogens with one attached hydrogen (secondary N) is 1. The molecule has 126 valence electrons. The summed E-state index contributed by atoms with van der Waals surface area (Å²) in [6, 6.07) is 17.0. The third-order valence-electron chi connectivity index (χ3n) is 3.88. The summed E-state index contributed by atoms with van der Waals surface area (Å²) in [5.74, 6) is -0.161. The first kappa shape index (κ1) is 16.4. The van der Waals surface area contributed by atoms with Crippen molar-refractivity contribution in [3.05, 3.63) is 88.4 Å². The van der Waals surface area contributed by atoms with Crippen molar-refractivity contribution in [1.29, 1.82) is 0 Å². The normalized spacial score (nSPS) is 11.7. The lowest BCUT2D eigenvalue weighted by atomic mass is 10.0. The molecule has 0 spiro atoms. The van der Waals surface area contributed by atoms with Gasteiger partial charge in [-0.15, -0.1) is 0 Å². The van der Waals surface area contributed by atoms with E-state index >= 15 is 0 Å². The van der Waals surface area contributed by atoms with Crippen LogP contribution in [0.4, 0.5) is 5.69 Å². The van der Waals surface area contributed by atoms with E-state index in [4.69, 9.17) is 4.42 Å². The van der Waals surface area contributed by atoms with E-state index in [0.717, 1.165) is 5.56 Å². The monoisotopic (exact) mass is 336 g/mol. The van der Waals surface area contributed by atoms with E-state index in [2.05, 4.69) is 5.32 Å². The largest absolute Gasteiger partial charge is 0.459 e. The average Bonchev–Trinajstić information content (AvgIpc) is 3.12. The fourth-order valence-corrected chi connectivity index (χ4v) is 2.58. The van der Waals surface area contributed by atoms with Gasteiger partial charge in [0, 0.05) is 17.7 Å². The van der Waals surface area contributed by atoms with Gasteiger partial charge in [0.1, 0.15) is 0 Å². The van der Waals surface area contributed by atoms with Crippen LogP contribution < -0.4 is 5.32 Å². The van der Waals surface area contributed by atoms with E-state index in [1.165, 1.54) is 18.4 Å². The summed E-state index contributed by atoms with van der Waals surface area (Å²) >= 11 is 0. The molecule has 1 heterocycles. The van der Waals surface area contributed by atoms with Crippen LogP contribution in [0.2, 0.25) is 0 Å². The third-order valence-corrected chi connectivity index (χ3v) is 3.88. The smallest absolute Gasteiger partial charge is 0.288 e. The molecule has 0 bridgehead atoms. The minimum absolute atomic E-state index is 0.0124. The quantitative estimate of drug-likeness (QED) is 0.554. The molecular weight excluding hydrogens is 320 g/mol. The van der Waals surface area contributed by atoms with Crippen LogP contribution in [0, 0.1) is 10.1 Å². The number of nitro benzene ring substituents is 1. The Labute approximate surface area is 144 Å². The summed E-state index contributed by atoms with van der Waals surface area (Å²) < 4.78 is 5.36. The summed E-state index contributed by atoms with van der Waals surface area (Å²) in [4.78, 5) is 23.0. The van der Waals surface area contributed by atoms with Gasteiger partial charge in [-0.25, -0.2) is 0 Å². The first-order valence-corrected chi connectivity index (χ1v) is 7.74. The molecule has 1 atom stereocenters. The summed E-state index contributed by atoms with van der Waals surface area (Å²) in [6.07, 6.45) is 1.47. The van der Waals surface area contributed by atoms with E-state index in [0.29, 0.717) is 11.1 Å². The zero-order valence-electron chi connectivity index (χ0n) is 13.5. The van der Waals surface area contributed by atoms with Crippen molar-refractivity contribution in [2.24, 2.45) is 0 Å². The molecule has 0 radical (unpaired) electrons. The summed E-state index contributed by atoms with van der Waals surface area (Å²) in [5.41, 5.74) is 2.21. The Bertz CT molecular complexity index is 903. The Morgan fingerprint density at radius 1 is 1.12 bits per heavy atom. The van der Waals surface area contributed by atoms with Gasteiger partial charge >= 0.3 is 0 Å². The van der Waals surface area contributed by atoms with Gasteiger partial charge < -0.3 is 9.73 Å². The molecule has 1 amide bonds. The fraction of sp³-hybridized carbons (Fsp3) is 0.105. The number of nitro groups is 1. The molecule has 3 aromatic rings. The average molecular weight is 336 g/mol. The van der Waals surface area contributed by atoms with Crippen LogP contribution in [0.15, 0.2) is 71.3 Å². The van der Waals surface area contributed by atoms with Gasteiger partial charge in [-0.3, -0.25) is 14.9 Å². The second-order valence-electron chi connectivity index (χ2n) is 5.58. The third kappa shape index (κ3) is 3.58. The Balaban J connectivity index is 1.80. The number of amides is 1. The molecule has 2 aromatic carbocycles. The Hall–Kier alpha value is -3.41. The highest BCUT2D eigenvalue weighted by Gasteiger charge is 2.20. The molecule has 0 aliphatic rings. The summed E-state index contributed by atoms with van der Waals surface area (Å²) in [5, 5.41) is 13.7. The van der Waals surface area contributed by atoms with Crippen molar-refractivity contribution in [2.75, 3.05) is 0 Å². The van der Waals surface area contributed by atoms with Crippen LogP contribution in [-0.2, 0) is 0 Å². The van der Waals surface area contributed by atoms with Crippen molar-refractivity contribution in [3.63, 3.8) is 0 Å². The molecule has 0 aliphatic carbocycles. The van der Waals surface area contributed by atoms with Gasteiger partial charge in [0.2, 0.25) is 0 Å².